The minimum atomic E-state index is -0.197. The molecule has 2 heteroatoms. The van der Waals surface area contributed by atoms with E-state index in [1.807, 2.05) is 18.2 Å². The largest absolute Gasteiger partial charge is 0.456 e. The number of hydrogen-bond donors (Lipinski definition) is 0. The number of esters is 1. The summed E-state index contributed by atoms with van der Waals surface area (Å²) in [6.07, 6.45) is 6.87. The summed E-state index contributed by atoms with van der Waals surface area (Å²) in [6, 6.07) is 10.2. The third-order valence-corrected chi connectivity index (χ3v) is 4.23. The molecule has 1 aliphatic carbocycles. The van der Waals surface area contributed by atoms with Gasteiger partial charge in [0.25, 0.3) is 0 Å². The molecule has 1 aliphatic heterocycles. The fraction of sp³-hybridized carbons (Fsp3) is 0.533. The van der Waals surface area contributed by atoms with Crippen molar-refractivity contribution in [1.82, 2.24) is 0 Å². The fourth-order valence-corrected chi connectivity index (χ4v) is 3.23. The number of hydrogen-bond acceptors (Lipinski definition) is 2. The summed E-state index contributed by atoms with van der Waals surface area (Å²) < 4.78 is 5.44. The fourth-order valence-electron chi connectivity index (χ4n) is 3.23. The van der Waals surface area contributed by atoms with Gasteiger partial charge in [-0.1, -0.05) is 56.0 Å². The van der Waals surface area contributed by atoms with Crippen molar-refractivity contribution in [2.45, 2.75) is 44.6 Å². The molecular formula is C15H18O2. The quantitative estimate of drug-likeness (QED) is 0.689. The molecule has 2 nitrogen and oxygen atoms in total. The minimum Gasteiger partial charge on any atom is -0.456 e. The lowest BCUT2D eigenvalue weighted by Gasteiger charge is -2.46. The van der Waals surface area contributed by atoms with E-state index in [1.54, 1.807) is 0 Å². The number of carbonyl (C=O) groups excluding carboxylic acids is 1. The van der Waals surface area contributed by atoms with Crippen molar-refractivity contribution in [2.24, 2.45) is 5.41 Å². The molecule has 1 saturated heterocycles. The predicted molar refractivity (Wildman–Crippen MR) is 65.4 cm³/mol. The van der Waals surface area contributed by atoms with Gasteiger partial charge in [-0.05, 0) is 18.4 Å². The summed E-state index contributed by atoms with van der Waals surface area (Å²) in [5.74, 6) is 0.0354. The van der Waals surface area contributed by atoms with Gasteiger partial charge in [0.2, 0.25) is 0 Å². The monoisotopic (exact) mass is 230 g/mol. The smallest absolute Gasteiger partial charge is 0.316 e. The van der Waals surface area contributed by atoms with Gasteiger partial charge in [0.15, 0.2) is 0 Å². The van der Waals surface area contributed by atoms with Crippen LogP contribution in [0.15, 0.2) is 30.3 Å². The zero-order valence-electron chi connectivity index (χ0n) is 10.0. The number of rotatable bonds is 1. The van der Waals surface area contributed by atoms with E-state index in [1.165, 1.54) is 25.7 Å². The van der Waals surface area contributed by atoms with Crippen molar-refractivity contribution in [3.63, 3.8) is 0 Å². The molecule has 0 bridgehead atoms. The molecule has 0 radical (unpaired) electrons. The van der Waals surface area contributed by atoms with Crippen molar-refractivity contribution in [1.29, 1.82) is 0 Å². The Kier molecular flexibility index (Phi) is 2.65. The van der Waals surface area contributed by atoms with Crippen LogP contribution in [0, 0.1) is 5.41 Å². The normalized spacial score (nSPS) is 27.1. The molecule has 1 unspecified atom stereocenters. The molecule has 0 amide bonds. The Labute approximate surface area is 102 Å². The lowest BCUT2D eigenvalue weighted by molar-refractivity contribution is -0.211. The standard InChI is InChI=1S/C15H18O2/c16-14-15(10-6-1-2-7-11-15)13(17-14)12-8-4-3-5-9-12/h3-5,8-9,13H,1-2,6-7,10-11H2. The minimum absolute atomic E-state index is 0.00861. The molecule has 1 atom stereocenters. The van der Waals surface area contributed by atoms with Crippen LogP contribution >= 0.6 is 0 Å². The van der Waals surface area contributed by atoms with Crippen molar-refractivity contribution in [3.8, 4) is 0 Å². The summed E-state index contributed by atoms with van der Waals surface area (Å²) >= 11 is 0. The highest BCUT2D eigenvalue weighted by atomic mass is 16.6. The molecule has 1 saturated carbocycles. The van der Waals surface area contributed by atoms with E-state index in [9.17, 15) is 4.79 Å². The van der Waals surface area contributed by atoms with Gasteiger partial charge in [-0.15, -0.1) is 0 Å². The second-order valence-electron chi connectivity index (χ2n) is 5.27. The molecule has 1 aromatic carbocycles. The van der Waals surface area contributed by atoms with Gasteiger partial charge in [-0.2, -0.15) is 0 Å². The van der Waals surface area contributed by atoms with E-state index < -0.39 is 0 Å². The van der Waals surface area contributed by atoms with Crippen LogP contribution in [0.1, 0.15) is 50.2 Å². The van der Waals surface area contributed by atoms with E-state index in [0.717, 1.165) is 18.4 Å². The van der Waals surface area contributed by atoms with Crippen molar-refractivity contribution in [2.75, 3.05) is 0 Å². The van der Waals surface area contributed by atoms with Crippen molar-refractivity contribution >= 4 is 5.97 Å². The summed E-state index contributed by atoms with van der Waals surface area (Å²) in [5, 5.41) is 0. The SMILES string of the molecule is O=C1OC(c2ccccc2)C12CCCCCC2. The van der Waals surface area contributed by atoms with Crippen LogP contribution in [0.4, 0.5) is 0 Å². The summed E-state index contributed by atoms with van der Waals surface area (Å²) in [4.78, 5) is 11.9. The number of benzene rings is 1. The Bertz CT molecular complexity index is 402. The van der Waals surface area contributed by atoms with Gasteiger partial charge in [0.1, 0.15) is 11.5 Å². The third kappa shape index (κ3) is 1.67. The summed E-state index contributed by atoms with van der Waals surface area (Å²) in [5.41, 5.74) is 0.965. The highest BCUT2D eigenvalue weighted by molar-refractivity contribution is 5.83. The van der Waals surface area contributed by atoms with Gasteiger partial charge in [0, 0.05) is 0 Å². The predicted octanol–water partition coefficient (Wildman–Crippen LogP) is 3.63. The first kappa shape index (κ1) is 10.8. The van der Waals surface area contributed by atoms with E-state index in [4.69, 9.17) is 4.74 Å². The van der Waals surface area contributed by atoms with Gasteiger partial charge in [-0.25, -0.2) is 0 Å². The maximum Gasteiger partial charge on any atom is 0.316 e. The van der Waals surface area contributed by atoms with Gasteiger partial charge >= 0.3 is 5.97 Å². The maximum atomic E-state index is 11.9. The zero-order valence-corrected chi connectivity index (χ0v) is 10.0. The molecular weight excluding hydrogens is 212 g/mol. The Morgan fingerprint density at radius 3 is 2.24 bits per heavy atom. The molecule has 90 valence electrons. The van der Waals surface area contributed by atoms with Crippen LogP contribution in [-0.2, 0) is 9.53 Å². The molecule has 1 heterocycles. The average Bonchev–Trinajstić information content (AvgIpc) is 2.64. The van der Waals surface area contributed by atoms with E-state index >= 15 is 0 Å². The van der Waals surface area contributed by atoms with Crippen LogP contribution < -0.4 is 0 Å². The zero-order chi connectivity index (χ0) is 11.7. The highest BCUT2D eigenvalue weighted by Crippen LogP contribution is 2.55. The topological polar surface area (TPSA) is 26.3 Å². The summed E-state index contributed by atoms with van der Waals surface area (Å²) in [6.45, 7) is 0. The average molecular weight is 230 g/mol. The van der Waals surface area contributed by atoms with Crippen molar-refractivity contribution < 1.29 is 9.53 Å². The van der Waals surface area contributed by atoms with Crippen LogP contribution in [0.2, 0.25) is 0 Å². The first-order chi connectivity index (χ1) is 8.33. The van der Waals surface area contributed by atoms with Crippen LogP contribution in [0.5, 0.6) is 0 Å². The lowest BCUT2D eigenvalue weighted by Crippen LogP contribution is -2.50. The molecule has 2 aliphatic rings. The number of carbonyl (C=O) groups is 1. The lowest BCUT2D eigenvalue weighted by atomic mass is 9.69. The van der Waals surface area contributed by atoms with Gasteiger partial charge in [-0.3, -0.25) is 4.79 Å². The Hall–Kier alpha value is -1.31. The van der Waals surface area contributed by atoms with Gasteiger partial charge < -0.3 is 4.74 Å². The molecule has 1 spiro atoms. The van der Waals surface area contributed by atoms with Crippen LogP contribution in [0.3, 0.4) is 0 Å². The second kappa shape index (κ2) is 4.17. The van der Waals surface area contributed by atoms with E-state index in [-0.39, 0.29) is 17.5 Å². The molecule has 2 fully saturated rings. The third-order valence-electron chi connectivity index (χ3n) is 4.23. The summed E-state index contributed by atoms with van der Waals surface area (Å²) in [7, 11) is 0. The second-order valence-corrected chi connectivity index (χ2v) is 5.27. The van der Waals surface area contributed by atoms with Crippen molar-refractivity contribution in [3.05, 3.63) is 35.9 Å². The Balaban J connectivity index is 1.89. The number of cyclic esters (lactones) is 1. The van der Waals surface area contributed by atoms with Crippen LogP contribution in [-0.4, -0.2) is 5.97 Å². The molecule has 0 aromatic heterocycles. The molecule has 17 heavy (non-hydrogen) atoms. The first-order valence-corrected chi connectivity index (χ1v) is 6.59. The molecule has 0 N–H and O–H groups in total. The molecule has 1 aromatic rings. The van der Waals surface area contributed by atoms with Gasteiger partial charge in [0.05, 0.1) is 0 Å². The van der Waals surface area contributed by atoms with Crippen LogP contribution in [0.25, 0.3) is 0 Å². The number of ether oxygens (including phenoxy) is 1. The van der Waals surface area contributed by atoms with E-state index in [0.29, 0.717) is 0 Å². The Morgan fingerprint density at radius 2 is 1.65 bits per heavy atom. The Morgan fingerprint density at radius 1 is 1.00 bits per heavy atom. The maximum absolute atomic E-state index is 11.9. The highest BCUT2D eigenvalue weighted by Gasteiger charge is 2.57. The van der Waals surface area contributed by atoms with E-state index in [2.05, 4.69) is 12.1 Å². The molecule has 3 rings (SSSR count). The first-order valence-electron chi connectivity index (χ1n) is 6.59.